The van der Waals surface area contributed by atoms with E-state index in [-0.39, 0.29) is 0 Å². The molecule has 1 unspecified atom stereocenters. The lowest BCUT2D eigenvalue weighted by atomic mass is 10.1. The molecule has 0 rings (SSSR count). The highest BCUT2D eigenvalue weighted by Gasteiger charge is 2.60. The van der Waals surface area contributed by atoms with E-state index in [9.17, 15) is 22.8 Å². The molecule has 0 fully saturated rings. The van der Waals surface area contributed by atoms with Crippen molar-refractivity contribution < 1.29 is 37.3 Å². The minimum absolute atomic E-state index is 0.439. The van der Waals surface area contributed by atoms with Crippen LogP contribution < -0.4 is 0 Å². The van der Waals surface area contributed by atoms with Gasteiger partial charge in [0.05, 0.1) is 6.61 Å². The number of Topliss-reactive ketones (excluding diaryl/α,β-unsaturated/α-hetero) is 1. The van der Waals surface area contributed by atoms with E-state index in [2.05, 4.69) is 16.1 Å². The number of aliphatic carboxylic acids is 1. The summed E-state index contributed by atoms with van der Waals surface area (Å²) in [7, 11) is 0. The van der Waals surface area contributed by atoms with Gasteiger partial charge < -0.3 is 14.6 Å². The molecule has 0 saturated carbocycles. The van der Waals surface area contributed by atoms with Gasteiger partial charge in [0.15, 0.2) is 0 Å². The van der Waals surface area contributed by atoms with E-state index >= 15 is 0 Å². The summed E-state index contributed by atoms with van der Waals surface area (Å²) in [6.07, 6.45) is -4.38. The Morgan fingerprint density at radius 2 is 1.88 bits per heavy atom. The quantitative estimate of drug-likeness (QED) is 0.420. The van der Waals surface area contributed by atoms with Gasteiger partial charge >= 0.3 is 23.7 Å². The van der Waals surface area contributed by atoms with Crippen molar-refractivity contribution in [3.63, 3.8) is 0 Å². The zero-order valence-electron chi connectivity index (χ0n) is 8.91. The van der Waals surface area contributed by atoms with E-state index in [1.54, 1.807) is 0 Å². The fourth-order valence-electron chi connectivity index (χ4n) is 0.959. The molecule has 0 amide bonds. The number of carbonyl (C=O) groups excluding carboxylic acids is 1. The molecule has 5 nitrogen and oxygen atoms in total. The van der Waals surface area contributed by atoms with Gasteiger partial charge in [-0.25, -0.2) is 4.79 Å². The highest BCUT2D eigenvalue weighted by molar-refractivity contribution is 6.07. The van der Waals surface area contributed by atoms with E-state index in [4.69, 9.17) is 5.11 Å². The molecule has 98 valence electrons. The molecule has 1 atom stereocenters. The highest BCUT2D eigenvalue weighted by Crippen LogP contribution is 2.28. The maximum absolute atomic E-state index is 12.3. The van der Waals surface area contributed by atoms with E-state index in [0.717, 1.165) is 6.08 Å². The molecule has 0 aromatic heterocycles. The topological polar surface area (TPSA) is 72.8 Å². The van der Waals surface area contributed by atoms with Gasteiger partial charge in [-0.15, -0.1) is 6.58 Å². The number of hydrogen-bond donors (Lipinski definition) is 1. The van der Waals surface area contributed by atoms with Crippen molar-refractivity contribution in [1.82, 2.24) is 0 Å². The maximum atomic E-state index is 12.3. The summed E-state index contributed by atoms with van der Waals surface area (Å²) in [6.45, 7) is 3.36. The summed E-state index contributed by atoms with van der Waals surface area (Å²) >= 11 is 0. The van der Waals surface area contributed by atoms with Crippen molar-refractivity contribution in [1.29, 1.82) is 0 Å². The Bertz CT molecular complexity index is 312. The van der Waals surface area contributed by atoms with Gasteiger partial charge in [-0.05, 0) is 6.92 Å². The molecule has 0 bridgehead atoms. The molecule has 17 heavy (non-hydrogen) atoms. The van der Waals surface area contributed by atoms with E-state index < -0.39 is 36.9 Å². The second-order valence-corrected chi connectivity index (χ2v) is 2.78. The summed E-state index contributed by atoms with van der Waals surface area (Å²) < 4.78 is 45.5. The van der Waals surface area contributed by atoms with Crippen LogP contribution in [-0.4, -0.2) is 42.0 Å². The van der Waals surface area contributed by atoms with E-state index in [1.165, 1.54) is 6.92 Å². The van der Waals surface area contributed by atoms with Gasteiger partial charge in [-0.1, -0.05) is 6.08 Å². The molecule has 0 aromatic rings. The molecule has 0 aliphatic heterocycles. The fourth-order valence-corrected chi connectivity index (χ4v) is 0.959. The van der Waals surface area contributed by atoms with Crippen LogP contribution in [-0.2, 0) is 19.1 Å². The van der Waals surface area contributed by atoms with Gasteiger partial charge in [-0.3, -0.25) is 4.79 Å². The third-order valence-electron chi connectivity index (χ3n) is 1.59. The van der Waals surface area contributed by atoms with Crippen molar-refractivity contribution in [2.24, 2.45) is 0 Å². The Kier molecular flexibility index (Phi) is 5.30. The number of ether oxygens (including phenoxy) is 2. The van der Waals surface area contributed by atoms with Crippen LogP contribution in [0.5, 0.6) is 0 Å². The Morgan fingerprint density at radius 1 is 1.35 bits per heavy atom. The number of halogens is 3. The third kappa shape index (κ3) is 3.53. The van der Waals surface area contributed by atoms with Crippen LogP contribution in [0, 0.1) is 0 Å². The van der Waals surface area contributed by atoms with Crippen molar-refractivity contribution in [3.05, 3.63) is 12.7 Å². The van der Waals surface area contributed by atoms with Crippen molar-refractivity contribution in [2.45, 2.75) is 18.9 Å². The largest absolute Gasteiger partial charge is 0.477 e. The second kappa shape index (κ2) is 5.78. The van der Waals surface area contributed by atoms with Crippen LogP contribution in [0.15, 0.2) is 12.7 Å². The van der Waals surface area contributed by atoms with Crippen molar-refractivity contribution >= 4 is 11.8 Å². The summed E-state index contributed by atoms with van der Waals surface area (Å²) in [4.78, 5) is 21.8. The molecule has 0 heterocycles. The van der Waals surface area contributed by atoms with Crippen LogP contribution in [0.1, 0.15) is 6.92 Å². The van der Waals surface area contributed by atoms with Gasteiger partial charge in [0.25, 0.3) is 0 Å². The number of carboxylic acid groups (broad SMARTS) is 1. The highest BCUT2D eigenvalue weighted by atomic mass is 19.4. The number of ketones is 1. The standard InChI is InChI=1S/C9H11F3O5/c1-3-5-17-8(7(14)15,16-4-2)6(13)9(10,11)12/h3H,1,4-5H2,2H3,(H,14,15). The molecule has 0 aliphatic rings. The Balaban J connectivity index is 5.37. The fraction of sp³-hybridized carbons (Fsp3) is 0.556. The lowest BCUT2D eigenvalue weighted by Gasteiger charge is -2.27. The van der Waals surface area contributed by atoms with E-state index in [0.29, 0.717) is 0 Å². The second-order valence-electron chi connectivity index (χ2n) is 2.78. The molecule has 1 N–H and O–H groups in total. The molecule has 8 heteroatoms. The molecular weight excluding hydrogens is 245 g/mol. The first-order valence-electron chi connectivity index (χ1n) is 4.46. The molecule has 0 aliphatic carbocycles. The lowest BCUT2D eigenvalue weighted by molar-refractivity contribution is -0.254. The Labute approximate surface area is 94.8 Å². The summed E-state index contributed by atoms with van der Waals surface area (Å²) in [6, 6.07) is 0. The molecule has 0 aromatic carbocycles. The monoisotopic (exact) mass is 256 g/mol. The summed E-state index contributed by atoms with van der Waals surface area (Å²) in [5, 5.41) is 8.71. The van der Waals surface area contributed by atoms with Crippen molar-refractivity contribution in [2.75, 3.05) is 13.2 Å². The first kappa shape index (κ1) is 15.6. The predicted molar refractivity (Wildman–Crippen MR) is 49.2 cm³/mol. The van der Waals surface area contributed by atoms with Gasteiger partial charge in [-0.2, -0.15) is 13.2 Å². The summed E-state index contributed by atoms with van der Waals surface area (Å²) in [5.41, 5.74) is 0. The first-order chi connectivity index (χ1) is 7.72. The van der Waals surface area contributed by atoms with Crippen LogP contribution in [0.2, 0.25) is 0 Å². The van der Waals surface area contributed by atoms with Crippen molar-refractivity contribution in [3.8, 4) is 0 Å². The van der Waals surface area contributed by atoms with Gasteiger partial charge in [0, 0.05) is 6.61 Å². The number of alkyl halides is 3. The number of carboxylic acids is 1. The zero-order chi connectivity index (χ0) is 13.7. The number of carbonyl (C=O) groups is 2. The molecule has 0 saturated heterocycles. The third-order valence-corrected chi connectivity index (χ3v) is 1.59. The minimum Gasteiger partial charge on any atom is -0.477 e. The SMILES string of the molecule is C=CCOC(OCC)(C(=O)O)C(=O)C(F)(F)F. The average molecular weight is 256 g/mol. The average Bonchev–Trinajstić information content (AvgIpc) is 2.21. The smallest absolute Gasteiger partial charge is 0.456 e. The molecule has 0 spiro atoms. The summed E-state index contributed by atoms with van der Waals surface area (Å²) in [5.74, 6) is -8.16. The van der Waals surface area contributed by atoms with Crippen LogP contribution in [0.3, 0.4) is 0 Å². The lowest BCUT2D eigenvalue weighted by Crippen LogP contribution is -2.56. The Morgan fingerprint density at radius 3 is 2.18 bits per heavy atom. The Hall–Kier alpha value is -1.41. The molecular formula is C9H11F3O5. The maximum Gasteiger partial charge on any atom is 0.456 e. The molecule has 0 radical (unpaired) electrons. The van der Waals surface area contributed by atoms with Gasteiger partial charge in [0.1, 0.15) is 0 Å². The minimum atomic E-state index is -5.38. The van der Waals surface area contributed by atoms with Crippen LogP contribution >= 0.6 is 0 Å². The normalized spacial score (nSPS) is 15.1. The van der Waals surface area contributed by atoms with Gasteiger partial charge in [0.2, 0.25) is 0 Å². The van der Waals surface area contributed by atoms with Crippen LogP contribution in [0.4, 0.5) is 13.2 Å². The number of rotatable bonds is 7. The predicted octanol–water partition coefficient (Wildman–Crippen LogP) is 1.14. The van der Waals surface area contributed by atoms with E-state index in [1.807, 2.05) is 0 Å². The zero-order valence-corrected chi connectivity index (χ0v) is 8.91. The first-order valence-corrected chi connectivity index (χ1v) is 4.46. The number of hydrogen-bond acceptors (Lipinski definition) is 4. The van der Waals surface area contributed by atoms with Crippen LogP contribution in [0.25, 0.3) is 0 Å².